The van der Waals surface area contributed by atoms with E-state index in [1.165, 1.54) is 23.2 Å². The van der Waals surface area contributed by atoms with Gasteiger partial charge in [-0.2, -0.15) is 0 Å². The number of carbonyl (C=O) groups excluding carboxylic acids is 1. The molecule has 4 aliphatic heterocycles. The van der Waals surface area contributed by atoms with Gasteiger partial charge >= 0.3 is 0 Å². The van der Waals surface area contributed by atoms with E-state index >= 15 is 0 Å². The molecule has 0 saturated carbocycles. The standard InChI is InChI=1S/C22H29N3O2S.ClH/c1-22(2)20(15-6-8-25(22)9-7-15)23-21(26)18-14-16-4-3-5-17(19(16)28-18)24-10-12-27-13-11-24;/h3-5,14-15,20H,6-13H2,1-2H3,(H,23,26);1H. The van der Waals surface area contributed by atoms with Crippen LogP contribution in [-0.2, 0) is 4.74 Å². The second kappa shape index (κ2) is 8.06. The van der Waals surface area contributed by atoms with Gasteiger partial charge in [-0.25, -0.2) is 0 Å². The molecule has 158 valence electrons. The number of morpholine rings is 1. The van der Waals surface area contributed by atoms with E-state index in [4.69, 9.17) is 4.74 Å². The van der Waals surface area contributed by atoms with E-state index in [-0.39, 0.29) is 29.9 Å². The number of thiophene rings is 1. The number of benzene rings is 1. The minimum Gasteiger partial charge on any atom is -0.378 e. The Morgan fingerprint density at radius 1 is 1.17 bits per heavy atom. The lowest BCUT2D eigenvalue weighted by Gasteiger charge is -2.56. The molecule has 4 saturated heterocycles. The van der Waals surface area contributed by atoms with Crippen molar-refractivity contribution < 1.29 is 9.53 Å². The van der Waals surface area contributed by atoms with Gasteiger partial charge in [0.05, 0.1) is 28.5 Å². The van der Waals surface area contributed by atoms with Gasteiger partial charge in [-0.3, -0.25) is 9.69 Å². The minimum atomic E-state index is 0. The van der Waals surface area contributed by atoms with Crippen LogP contribution in [0.25, 0.3) is 10.1 Å². The summed E-state index contributed by atoms with van der Waals surface area (Å²) in [6, 6.07) is 8.67. The smallest absolute Gasteiger partial charge is 0.261 e. The Labute approximate surface area is 182 Å². The molecule has 5 heterocycles. The molecule has 0 radical (unpaired) electrons. The molecule has 1 atom stereocenters. The Hall–Kier alpha value is -1.34. The molecular weight excluding hydrogens is 406 g/mol. The molecule has 1 unspecified atom stereocenters. The fraction of sp³-hybridized carbons (Fsp3) is 0.591. The number of ether oxygens (including phenoxy) is 1. The zero-order valence-corrected chi connectivity index (χ0v) is 18.8. The Balaban J connectivity index is 0.00000205. The summed E-state index contributed by atoms with van der Waals surface area (Å²) < 4.78 is 6.71. The second-order valence-electron chi connectivity index (χ2n) is 8.83. The van der Waals surface area contributed by atoms with Crippen molar-refractivity contribution in [1.29, 1.82) is 0 Å². The van der Waals surface area contributed by atoms with Crippen LogP contribution in [0, 0.1) is 5.92 Å². The van der Waals surface area contributed by atoms with Gasteiger partial charge < -0.3 is 15.0 Å². The molecule has 4 aliphatic rings. The Morgan fingerprint density at radius 2 is 1.90 bits per heavy atom. The summed E-state index contributed by atoms with van der Waals surface area (Å²) in [4.78, 5) is 18.9. The summed E-state index contributed by atoms with van der Waals surface area (Å²) in [6.45, 7) is 10.2. The number of halogens is 1. The number of piperidine rings is 3. The molecule has 1 amide bonds. The number of carbonyl (C=O) groups is 1. The van der Waals surface area contributed by atoms with Crippen LogP contribution in [0.15, 0.2) is 24.3 Å². The maximum absolute atomic E-state index is 13.2. The Kier molecular flexibility index (Phi) is 5.81. The van der Waals surface area contributed by atoms with Crippen molar-refractivity contribution in [3.05, 3.63) is 29.1 Å². The normalized spacial score (nSPS) is 28.2. The largest absolute Gasteiger partial charge is 0.378 e. The number of hydrogen-bond donors (Lipinski definition) is 1. The lowest BCUT2D eigenvalue weighted by atomic mass is 9.72. The maximum atomic E-state index is 13.2. The monoisotopic (exact) mass is 435 g/mol. The second-order valence-corrected chi connectivity index (χ2v) is 9.89. The molecule has 6 rings (SSSR count). The molecule has 2 aromatic rings. The van der Waals surface area contributed by atoms with E-state index in [2.05, 4.69) is 53.2 Å². The van der Waals surface area contributed by atoms with Gasteiger partial charge in [0.1, 0.15) is 0 Å². The van der Waals surface area contributed by atoms with E-state index in [0.29, 0.717) is 5.92 Å². The van der Waals surface area contributed by atoms with Crippen molar-refractivity contribution in [3.63, 3.8) is 0 Å². The van der Waals surface area contributed by atoms with Crippen LogP contribution in [0.2, 0.25) is 0 Å². The number of nitrogens with zero attached hydrogens (tertiary/aromatic N) is 2. The van der Waals surface area contributed by atoms with Crippen LogP contribution in [0.4, 0.5) is 5.69 Å². The highest BCUT2D eigenvalue weighted by molar-refractivity contribution is 7.21. The lowest BCUT2D eigenvalue weighted by molar-refractivity contribution is -0.0377. The third-order valence-corrected chi connectivity index (χ3v) is 8.14. The lowest BCUT2D eigenvalue weighted by Crippen LogP contribution is -2.69. The molecule has 1 aromatic heterocycles. The SMILES string of the molecule is CC1(C)C(NC(=O)c2cc3cccc(N4CCOCC4)c3s2)C2CCN1CC2.Cl. The molecule has 5 nitrogen and oxygen atoms in total. The highest BCUT2D eigenvalue weighted by Crippen LogP contribution is 2.40. The fourth-order valence-electron chi connectivity index (χ4n) is 5.30. The van der Waals surface area contributed by atoms with Crippen LogP contribution in [0.5, 0.6) is 0 Å². The molecule has 4 fully saturated rings. The van der Waals surface area contributed by atoms with Crippen molar-refractivity contribution in [2.75, 3.05) is 44.3 Å². The van der Waals surface area contributed by atoms with Crippen molar-refractivity contribution in [1.82, 2.24) is 10.2 Å². The molecule has 29 heavy (non-hydrogen) atoms. The van der Waals surface area contributed by atoms with Crippen molar-refractivity contribution in [2.45, 2.75) is 38.3 Å². The van der Waals surface area contributed by atoms with Gasteiger partial charge in [-0.05, 0) is 63.2 Å². The third kappa shape index (κ3) is 3.65. The zero-order valence-electron chi connectivity index (χ0n) is 17.1. The minimum absolute atomic E-state index is 0. The van der Waals surface area contributed by atoms with Crippen LogP contribution in [-0.4, -0.2) is 61.8 Å². The van der Waals surface area contributed by atoms with Gasteiger partial charge in [0.2, 0.25) is 0 Å². The summed E-state index contributed by atoms with van der Waals surface area (Å²) in [5, 5.41) is 4.57. The zero-order chi connectivity index (χ0) is 19.3. The average Bonchev–Trinajstić information content (AvgIpc) is 3.16. The molecule has 1 aromatic carbocycles. The number of hydrogen-bond acceptors (Lipinski definition) is 5. The van der Waals surface area contributed by atoms with Crippen molar-refractivity contribution >= 4 is 45.4 Å². The first-order chi connectivity index (χ1) is 13.5. The quantitative estimate of drug-likeness (QED) is 0.797. The van der Waals surface area contributed by atoms with Gasteiger partial charge in [-0.1, -0.05) is 12.1 Å². The predicted molar refractivity (Wildman–Crippen MR) is 122 cm³/mol. The van der Waals surface area contributed by atoms with Gasteiger partial charge in [0.15, 0.2) is 0 Å². The van der Waals surface area contributed by atoms with Crippen LogP contribution < -0.4 is 10.2 Å². The van der Waals surface area contributed by atoms with E-state index in [1.54, 1.807) is 11.3 Å². The van der Waals surface area contributed by atoms with Crippen LogP contribution in [0.3, 0.4) is 0 Å². The molecule has 7 heteroatoms. The number of nitrogens with one attached hydrogen (secondary N) is 1. The van der Waals surface area contributed by atoms with E-state index in [9.17, 15) is 4.79 Å². The van der Waals surface area contributed by atoms with E-state index in [1.807, 2.05) is 0 Å². The van der Waals surface area contributed by atoms with E-state index < -0.39 is 0 Å². The molecule has 0 aliphatic carbocycles. The first-order valence-electron chi connectivity index (χ1n) is 10.5. The number of rotatable bonds is 3. The average molecular weight is 436 g/mol. The molecule has 0 spiro atoms. The Morgan fingerprint density at radius 3 is 2.59 bits per heavy atom. The third-order valence-electron chi connectivity index (χ3n) is 6.97. The van der Waals surface area contributed by atoms with Gasteiger partial charge in [0.25, 0.3) is 5.91 Å². The number of amides is 1. The molecular formula is C22H30ClN3O2S. The highest BCUT2D eigenvalue weighted by Gasteiger charge is 2.48. The number of anilines is 1. The first kappa shape index (κ1) is 20.9. The van der Waals surface area contributed by atoms with Crippen LogP contribution in [0.1, 0.15) is 36.4 Å². The van der Waals surface area contributed by atoms with Gasteiger partial charge in [0, 0.05) is 24.7 Å². The van der Waals surface area contributed by atoms with E-state index in [0.717, 1.165) is 49.7 Å². The van der Waals surface area contributed by atoms with Crippen molar-refractivity contribution in [2.24, 2.45) is 5.92 Å². The summed E-state index contributed by atoms with van der Waals surface area (Å²) >= 11 is 1.63. The Bertz CT molecular complexity index is 885. The maximum Gasteiger partial charge on any atom is 0.261 e. The van der Waals surface area contributed by atoms with Gasteiger partial charge in [-0.15, -0.1) is 23.7 Å². The number of fused-ring (bicyclic) bond motifs is 4. The summed E-state index contributed by atoms with van der Waals surface area (Å²) in [5.41, 5.74) is 1.26. The summed E-state index contributed by atoms with van der Waals surface area (Å²) in [7, 11) is 0. The highest BCUT2D eigenvalue weighted by atomic mass is 35.5. The van der Waals surface area contributed by atoms with Crippen molar-refractivity contribution in [3.8, 4) is 0 Å². The predicted octanol–water partition coefficient (Wildman–Crippen LogP) is 3.76. The van der Waals surface area contributed by atoms with Crippen LogP contribution >= 0.6 is 23.7 Å². The fourth-order valence-corrected chi connectivity index (χ4v) is 6.41. The summed E-state index contributed by atoms with van der Waals surface area (Å²) in [6.07, 6.45) is 2.39. The topological polar surface area (TPSA) is 44.8 Å². The first-order valence-corrected chi connectivity index (χ1v) is 11.3. The molecule has 1 N–H and O–H groups in total. The summed E-state index contributed by atoms with van der Waals surface area (Å²) in [5.74, 6) is 0.684. The molecule has 2 bridgehead atoms.